The molecule has 2 aromatic rings. The number of carbonyl (C=O) groups is 1. The summed E-state index contributed by atoms with van der Waals surface area (Å²) in [6.07, 6.45) is 4.81. The number of carbonyl (C=O) groups excluding carboxylic acids is 1. The molecule has 1 aliphatic heterocycles. The Balaban J connectivity index is 1.59. The highest BCUT2D eigenvalue weighted by Crippen LogP contribution is 2.28. The van der Waals surface area contributed by atoms with Gasteiger partial charge in [-0.2, -0.15) is 0 Å². The molecule has 1 aliphatic rings. The highest BCUT2D eigenvalue weighted by atomic mass is 32.2. The fourth-order valence-electron chi connectivity index (χ4n) is 3.20. The molecule has 0 aliphatic carbocycles. The van der Waals surface area contributed by atoms with E-state index in [0.29, 0.717) is 5.69 Å². The SMILES string of the molecule is CS(=O)(=O)c1ccc(NC(=O)CNc2ccccc2N2CCCCC2)cc1. The number of piperidine rings is 1. The van der Waals surface area contributed by atoms with Crippen LogP contribution in [0.2, 0.25) is 0 Å². The third-order valence-corrected chi connectivity index (χ3v) is 5.73. The first-order valence-corrected chi connectivity index (χ1v) is 11.0. The molecule has 2 aromatic carbocycles. The standard InChI is InChI=1S/C20H25N3O3S/c1-27(25,26)17-11-9-16(10-12-17)22-20(24)15-21-18-7-3-4-8-19(18)23-13-5-2-6-14-23/h3-4,7-12,21H,2,5-6,13-15H2,1H3,(H,22,24). The van der Waals surface area contributed by atoms with Gasteiger partial charge in [-0.25, -0.2) is 8.42 Å². The second-order valence-electron chi connectivity index (χ2n) is 6.76. The maximum atomic E-state index is 12.2. The predicted octanol–water partition coefficient (Wildman–Crippen LogP) is 3.13. The highest BCUT2D eigenvalue weighted by molar-refractivity contribution is 7.90. The Kier molecular flexibility index (Phi) is 6.01. The summed E-state index contributed by atoms with van der Waals surface area (Å²) in [5.74, 6) is -0.185. The zero-order chi connectivity index (χ0) is 19.3. The lowest BCUT2D eigenvalue weighted by Gasteiger charge is -2.30. The molecule has 0 aromatic heterocycles. The summed E-state index contributed by atoms with van der Waals surface area (Å²) in [6, 6.07) is 14.2. The van der Waals surface area contributed by atoms with E-state index in [4.69, 9.17) is 0 Å². The van der Waals surface area contributed by atoms with E-state index in [1.807, 2.05) is 18.2 Å². The highest BCUT2D eigenvalue weighted by Gasteiger charge is 2.14. The second-order valence-corrected chi connectivity index (χ2v) is 8.78. The van der Waals surface area contributed by atoms with E-state index >= 15 is 0 Å². The first-order valence-electron chi connectivity index (χ1n) is 9.11. The second kappa shape index (κ2) is 8.43. The molecule has 0 saturated carbocycles. The Morgan fingerprint density at radius 1 is 1.00 bits per heavy atom. The smallest absolute Gasteiger partial charge is 0.243 e. The molecule has 6 nitrogen and oxygen atoms in total. The van der Waals surface area contributed by atoms with Gasteiger partial charge in [-0.3, -0.25) is 4.79 Å². The van der Waals surface area contributed by atoms with Crippen molar-refractivity contribution in [3.63, 3.8) is 0 Å². The van der Waals surface area contributed by atoms with E-state index in [9.17, 15) is 13.2 Å². The number of hydrogen-bond acceptors (Lipinski definition) is 5. The number of para-hydroxylation sites is 2. The van der Waals surface area contributed by atoms with E-state index in [1.165, 1.54) is 31.4 Å². The maximum Gasteiger partial charge on any atom is 0.243 e. The van der Waals surface area contributed by atoms with E-state index < -0.39 is 9.84 Å². The lowest BCUT2D eigenvalue weighted by Crippen LogP contribution is -2.30. The van der Waals surface area contributed by atoms with Crippen LogP contribution in [0.3, 0.4) is 0 Å². The van der Waals surface area contributed by atoms with Crippen LogP contribution < -0.4 is 15.5 Å². The van der Waals surface area contributed by atoms with Gasteiger partial charge in [0, 0.05) is 25.0 Å². The van der Waals surface area contributed by atoms with Gasteiger partial charge < -0.3 is 15.5 Å². The van der Waals surface area contributed by atoms with E-state index in [1.54, 1.807) is 12.1 Å². The zero-order valence-electron chi connectivity index (χ0n) is 15.4. The quantitative estimate of drug-likeness (QED) is 0.796. The first kappa shape index (κ1) is 19.2. The Morgan fingerprint density at radius 2 is 1.67 bits per heavy atom. The van der Waals surface area contributed by atoms with Crippen LogP contribution in [-0.2, 0) is 14.6 Å². The molecule has 1 amide bonds. The number of nitrogens with one attached hydrogen (secondary N) is 2. The van der Waals surface area contributed by atoms with Gasteiger partial charge in [-0.15, -0.1) is 0 Å². The number of rotatable bonds is 6. The van der Waals surface area contributed by atoms with Crippen LogP contribution in [0.5, 0.6) is 0 Å². The lowest BCUT2D eigenvalue weighted by molar-refractivity contribution is -0.114. The van der Waals surface area contributed by atoms with Crippen molar-refractivity contribution in [2.24, 2.45) is 0 Å². The molecule has 0 atom stereocenters. The molecule has 1 saturated heterocycles. The summed E-state index contributed by atoms with van der Waals surface area (Å²) in [5.41, 5.74) is 2.64. The number of nitrogens with zero attached hydrogens (tertiary/aromatic N) is 1. The fraction of sp³-hybridized carbons (Fsp3) is 0.350. The van der Waals surface area contributed by atoms with Gasteiger partial charge in [-0.05, 0) is 55.7 Å². The van der Waals surface area contributed by atoms with Crippen LogP contribution in [-0.4, -0.2) is 40.2 Å². The van der Waals surface area contributed by atoms with Crippen LogP contribution >= 0.6 is 0 Å². The first-order chi connectivity index (χ1) is 12.9. The molecule has 7 heteroatoms. The van der Waals surface area contributed by atoms with Crippen molar-refractivity contribution >= 4 is 32.8 Å². The third kappa shape index (κ3) is 5.23. The van der Waals surface area contributed by atoms with Crippen LogP contribution in [0.4, 0.5) is 17.1 Å². The molecule has 1 fully saturated rings. The molecule has 1 heterocycles. The van der Waals surface area contributed by atoms with E-state index in [2.05, 4.69) is 21.6 Å². The molecule has 0 radical (unpaired) electrons. The van der Waals surface area contributed by atoms with Crippen LogP contribution in [0, 0.1) is 0 Å². The molecule has 27 heavy (non-hydrogen) atoms. The molecular formula is C20H25N3O3S. The number of hydrogen-bond donors (Lipinski definition) is 2. The Labute approximate surface area is 160 Å². The summed E-state index contributed by atoms with van der Waals surface area (Å²) in [7, 11) is -3.24. The molecule has 0 spiro atoms. The predicted molar refractivity (Wildman–Crippen MR) is 109 cm³/mol. The van der Waals surface area contributed by atoms with Crippen molar-refractivity contribution in [3.05, 3.63) is 48.5 Å². The summed E-state index contributed by atoms with van der Waals surface area (Å²) in [5, 5.41) is 6.00. The third-order valence-electron chi connectivity index (χ3n) is 4.61. The monoisotopic (exact) mass is 387 g/mol. The van der Waals surface area contributed by atoms with Crippen LogP contribution in [0.15, 0.2) is 53.4 Å². The minimum absolute atomic E-state index is 0.138. The van der Waals surface area contributed by atoms with Gasteiger partial charge in [0.1, 0.15) is 0 Å². The average Bonchev–Trinajstić information content (AvgIpc) is 2.67. The van der Waals surface area contributed by atoms with Gasteiger partial charge in [0.15, 0.2) is 9.84 Å². The molecule has 2 N–H and O–H groups in total. The van der Waals surface area contributed by atoms with Crippen LogP contribution in [0.1, 0.15) is 19.3 Å². The Hall–Kier alpha value is -2.54. The van der Waals surface area contributed by atoms with Gasteiger partial charge >= 0.3 is 0 Å². The zero-order valence-corrected chi connectivity index (χ0v) is 16.3. The molecule has 144 valence electrons. The fourth-order valence-corrected chi connectivity index (χ4v) is 3.83. The van der Waals surface area contributed by atoms with Crippen molar-refractivity contribution < 1.29 is 13.2 Å². The minimum Gasteiger partial charge on any atom is -0.374 e. The van der Waals surface area contributed by atoms with Crippen molar-refractivity contribution in [1.82, 2.24) is 0 Å². The van der Waals surface area contributed by atoms with E-state index in [0.717, 1.165) is 30.7 Å². The normalized spacial score (nSPS) is 14.6. The van der Waals surface area contributed by atoms with Crippen LogP contribution in [0.25, 0.3) is 0 Å². The molecular weight excluding hydrogens is 362 g/mol. The van der Waals surface area contributed by atoms with Crippen molar-refractivity contribution in [2.45, 2.75) is 24.2 Å². The number of benzene rings is 2. The van der Waals surface area contributed by atoms with Crippen molar-refractivity contribution in [1.29, 1.82) is 0 Å². The van der Waals surface area contributed by atoms with Gasteiger partial charge in [0.2, 0.25) is 5.91 Å². The minimum atomic E-state index is -3.24. The van der Waals surface area contributed by atoms with E-state index in [-0.39, 0.29) is 17.3 Å². The van der Waals surface area contributed by atoms with Gasteiger partial charge in [0.05, 0.1) is 22.8 Å². The summed E-state index contributed by atoms with van der Waals surface area (Å²) in [4.78, 5) is 14.8. The molecule has 3 rings (SSSR count). The number of anilines is 3. The Morgan fingerprint density at radius 3 is 2.33 bits per heavy atom. The maximum absolute atomic E-state index is 12.2. The number of amides is 1. The summed E-state index contributed by atoms with van der Waals surface area (Å²) < 4.78 is 23.0. The van der Waals surface area contributed by atoms with Crippen molar-refractivity contribution in [2.75, 3.05) is 41.4 Å². The summed E-state index contributed by atoms with van der Waals surface area (Å²) >= 11 is 0. The average molecular weight is 388 g/mol. The van der Waals surface area contributed by atoms with Gasteiger partial charge in [0.25, 0.3) is 0 Å². The van der Waals surface area contributed by atoms with Crippen molar-refractivity contribution in [3.8, 4) is 0 Å². The molecule has 0 unspecified atom stereocenters. The lowest BCUT2D eigenvalue weighted by atomic mass is 10.1. The number of sulfone groups is 1. The Bertz CT molecular complexity index is 889. The molecule has 0 bridgehead atoms. The van der Waals surface area contributed by atoms with Gasteiger partial charge in [-0.1, -0.05) is 12.1 Å². The summed E-state index contributed by atoms with van der Waals surface area (Å²) in [6.45, 7) is 2.22. The largest absolute Gasteiger partial charge is 0.374 e. The topological polar surface area (TPSA) is 78.5 Å².